The van der Waals surface area contributed by atoms with Crippen molar-refractivity contribution in [2.75, 3.05) is 27.4 Å². The summed E-state index contributed by atoms with van der Waals surface area (Å²) in [6.07, 6.45) is 3.44. The Kier molecular flexibility index (Phi) is 7.92. The lowest BCUT2D eigenvalue weighted by molar-refractivity contribution is -0.118. The van der Waals surface area contributed by atoms with Crippen molar-refractivity contribution in [3.05, 3.63) is 64.3 Å². The van der Waals surface area contributed by atoms with Crippen LogP contribution in [0.2, 0.25) is 5.02 Å². The molecule has 1 aliphatic heterocycles. The van der Waals surface area contributed by atoms with Crippen LogP contribution < -0.4 is 20.1 Å². The predicted molar refractivity (Wildman–Crippen MR) is 118 cm³/mol. The third-order valence-corrected chi connectivity index (χ3v) is 5.08. The number of rotatable bonds is 8. The third kappa shape index (κ3) is 6.23. The summed E-state index contributed by atoms with van der Waals surface area (Å²) >= 11 is 5.90. The molecule has 2 amide bonds. The Bertz CT molecular complexity index is 953. The topological polar surface area (TPSA) is 85.9 Å². The zero-order chi connectivity index (χ0) is 22.2. The molecule has 7 nitrogen and oxygen atoms in total. The van der Waals surface area contributed by atoms with E-state index in [2.05, 4.69) is 10.6 Å². The molecule has 0 unspecified atom stereocenters. The van der Waals surface area contributed by atoms with Gasteiger partial charge in [0.05, 0.1) is 20.3 Å². The lowest BCUT2D eigenvalue weighted by atomic mass is 10.1. The second kappa shape index (κ2) is 10.8. The molecule has 0 bridgehead atoms. The molecular formula is C23H25ClN2O5. The molecule has 0 spiro atoms. The summed E-state index contributed by atoms with van der Waals surface area (Å²) in [6, 6.07) is 11.6. The molecule has 0 aromatic heterocycles. The third-order valence-electron chi connectivity index (χ3n) is 4.83. The minimum atomic E-state index is -0.421. The number of benzene rings is 2. The van der Waals surface area contributed by atoms with Gasteiger partial charge in [-0.25, -0.2) is 0 Å². The van der Waals surface area contributed by atoms with Crippen LogP contribution in [0.25, 0.3) is 6.08 Å². The summed E-state index contributed by atoms with van der Waals surface area (Å²) < 4.78 is 16.1. The van der Waals surface area contributed by atoms with Crippen LogP contribution in [0.5, 0.6) is 11.5 Å². The molecule has 1 heterocycles. The van der Waals surface area contributed by atoms with E-state index in [0.29, 0.717) is 40.8 Å². The van der Waals surface area contributed by atoms with Gasteiger partial charge in [-0.1, -0.05) is 17.7 Å². The molecule has 31 heavy (non-hydrogen) atoms. The van der Waals surface area contributed by atoms with Crippen molar-refractivity contribution in [2.24, 2.45) is 0 Å². The summed E-state index contributed by atoms with van der Waals surface area (Å²) in [6.45, 7) is 1.07. The molecule has 1 fully saturated rings. The van der Waals surface area contributed by atoms with Gasteiger partial charge in [0.25, 0.3) is 11.8 Å². The first-order valence-electron chi connectivity index (χ1n) is 9.90. The highest BCUT2D eigenvalue weighted by Crippen LogP contribution is 2.28. The molecule has 2 N–H and O–H groups in total. The molecule has 164 valence electrons. The van der Waals surface area contributed by atoms with Crippen molar-refractivity contribution in [2.45, 2.75) is 18.9 Å². The van der Waals surface area contributed by atoms with Crippen LogP contribution in [0, 0.1) is 0 Å². The number of methoxy groups -OCH3 is 2. The zero-order valence-electron chi connectivity index (χ0n) is 17.4. The van der Waals surface area contributed by atoms with E-state index in [1.807, 2.05) is 0 Å². The highest BCUT2D eigenvalue weighted by atomic mass is 35.5. The average molecular weight is 445 g/mol. The number of halogens is 1. The Morgan fingerprint density at radius 2 is 1.87 bits per heavy atom. The smallest absolute Gasteiger partial charge is 0.267 e. The van der Waals surface area contributed by atoms with Crippen molar-refractivity contribution in [3.8, 4) is 11.5 Å². The second-order valence-electron chi connectivity index (χ2n) is 6.98. The molecule has 8 heteroatoms. The maximum Gasteiger partial charge on any atom is 0.267 e. The van der Waals surface area contributed by atoms with Gasteiger partial charge in [0.1, 0.15) is 5.70 Å². The number of nitrogens with one attached hydrogen (secondary N) is 2. The Morgan fingerprint density at radius 3 is 2.52 bits per heavy atom. The van der Waals surface area contributed by atoms with Crippen molar-refractivity contribution >= 4 is 29.5 Å². The number of ether oxygens (including phenoxy) is 3. The van der Waals surface area contributed by atoms with Gasteiger partial charge in [-0.3, -0.25) is 9.59 Å². The van der Waals surface area contributed by atoms with Crippen LogP contribution in [-0.4, -0.2) is 45.3 Å². The van der Waals surface area contributed by atoms with Crippen molar-refractivity contribution < 1.29 is 23.8 Å². The lowest BCUT2D eigenvalue weighted by Crippen LogP contribution is -2.38. The number of hydrogen-bond acceptors (Lipinski definition) is 5. The number of carbonyl (C=O) groups excluding carboxylic acids is 2. The monoisotopic (exact) mass is 444 g/mol. The number of carbonyl (C=O) groups is 2. The number of hydrogen-bond donors (Lipinski definition) is 2. The summed E-state index contributed by atoms with van der Waals surface area (Å²) in [7, 11) is 3.08. The van der Waals surface area contributed by atoms with E-state index in [-0.39, 0.29) is 11.8 Å². The summed E-state index contributed by atoms with van der Waals surface area (Å²) in [5, 5.41) is 6.06. The van der Waals surface area contributed by atoms with Crippen molar-refractivity contribution in [1.29, 1.82) is 0 Å². The van der Waals surface area contributed by atoms with Crippen LogP contribution >= 0.6 is 11.6 Å². The first-order valence-corrected chi connectivity index (χ1v) is 10.3. The van der Waals surface area contributed by atoms with Gasteiger partial charge in [0.15, 0.2) is 11.5 Å². The van der Waals surface area contributed by atoms with E-state index >= 15 is 0 Å². The first kappa shape index (κ1) is 22.7. The molecule has 3 rings (SSSR count). The Hall–Kier alpha value is -3.03. The molecular weight excluding hydrogens is 420 g/mol. The van der Waals surface area contributed by atoms with Gasteiger partial charge in [0, 0.05) is 23.7 Å². The standard InChI is InChI=1S/C23H25ClN2O5/c1-29-20-10-5-15(13-21(20)30-2)12-19(23(28)25-14-18-4-3-11-31-18)26-22(27)16-6-8-17(24)9-7-16/h5-10,12-13,18H,3-4,11,14H2,1-2H3,(H,25,28)(H,26,27)/b19-12-/t18-/m1/s1. The van der Waals surface area contributed by atoms with E-state index < -0.39 is 11.8 Å². The largest absolute Gasteiger partial charge is 0.493 e. The lowest BCUT2D eigenvalue weighted by Gasteiger charge is -2.14. The van der Waals surface area contributed by atoms with Crippen LogP contribution in [0.1, 0.15) is 28.8 Å². The SMILES string of the molecule is COc1ccc(/C=C(\NC(=O)c2ccc(Cl)cc2)C(=O)NC[C@H]2CCCO2)cc1OC. The van der Waals surface area contributed by atoms with E-state index in [1.54, 1.807) is 55.7 Å². The normalized spacial score (nSPS) is 16.0. The van der Waals surface area contributed by atoms with E-state index in [9.17, 15) is 9.59 Å². The fourth-order valence-electron chi connectivity index (χ4n) is 3.17. The molecule has 1 saturated heterocycles. The summed E-state index contributed by atoms with van der Waals surface area (Å²) in [4.78, 5) is 25.6. The van der Waals surface area contributed by atoms with Gasteiger partial charge in [-0.05, 0) is 60.9 Å². The van der Waals surface area contributed by atoms with Crippen molar-refractivity contribution in [1.82, 2.24) is 10.6 Å². The molecule has 0 aliphatic carbocycles. The quantitative estimate of drug-likeness (QED) is 0.609. The molecule has 1 atom stereocenters. The molecule has 0 radical (unpaired) electrons. The Morgan fingerprint density at radius 1 is 1.13 bits per heavy atom. The van der Waals surface area contributed by atoms with E-state index in [0.717, 1.165) is 12.8 Å². The summed E-state index contributed by atoms with van der Waals surface area (Å²) in [5.74, 6) is 0.247. The van der Waals surface area contributed by atoms with Crippen LogP contribution in [0.4, 0.5) is 0 Å². The predicted octanol–water partition coefficient (Wildman–Crippen LogP) is 3.42. The van der Waals surface area contributed by atoms with Gasteiger partial charge < -0.3 is 24.8 Å². The van der Waals surface area contributed by atoms with Gasteiger partial charge >= 0.3 is 0 Å². The Labute approximate surface area is 186 Å². The van der Waals surface area contributed by atoms with Crippen LogP contribution in [-0.2, 0) is 9.53 Å². The van der Waals surface area contributed by atoms with E-state index in [1.165, 1.54) is 7.11 Å². The molecule has 2 aromatic carbocycles. The maximum atomic E-state index is 12.9. The van der Waals surface area contributed by atoms with Crippen LogP contribution in [0.15, 0.2) is 48.2 Å². The summed E-state index contributed by atoms with van der Waals surface area (Å²) in [5.41, 5.74) is 1.15. The van der Waals surface area contributed by atoms with Crippen molar-refractivity contribution in [3.63, 3.8) is 0 Å². The van der Waals surface area contributed by atoms with Gasteiger partial charge in [0.2, 0.25) is 0 Å². The fourth-order valence-corrected chi connectivity index (χ4v) is 3.30. The second-order valence-corrected chi connectivity index (χ2v) is 7.41. The van der Waals surface area contributed by atoms with Gasteiger partial charge in [-0.15, -0.1) is 0 Å². The highest BCUT2D eigenvalue weighted by molar-refractivity contribution is 6.30. The Balaban J connectivity index is 1.83. The number of amides is 2. The maximum absolute atomic E-state index is 12.9. The van der Waals surface area contributed by atoms with E-state index in [4.69, 9.17) is 25.8 Å². The van der Waals surface area contributed by atoms with Crippen LogP contribution in [0.3, 0.4) is 0 Å². The zero-order valence-corrected chi connectivity index (χ0v) is 18.2. The minimum Gasteiger partial charge on any atom is -0.493 e. The highest BCUT2D eigenvalue weighted by Gasteiger charge is 2.19. The molecule has 1 aliphatic rings. The minimum absolute atomic E-state index is 0.0155. The average Bonchev–Trinajstić information content (AvgIpc) is 3.31. The molecule has 2 aromatic rings. The van der Waals surface area contributed by atoms with Gasteiger partial charge in [-0.2, -0.15) is 0 Å². The fraction of sp³-hybridized carbons (Fsp3) is 0.304. The molecule has 0 saturated carbocycles. The first-order chi connectivity index (χ1) is 15.0.